The lowest BCUT2D eigenvalue weighted by Gasteiger charge is -2.16. The van der Waals surface area contributed by atoms with Crippen molar-refractivity contribution in [1.82, 2.24) is 4.98 Å². The van der Waals surface area contributed by atoms with E-state index in [0.29, 0.717) is 23.4 Å². The molecule has 22 heavy (non-hydrogen) atoms. The van der Waals surface area contributed by atoms with Crippen LogP contribution in [0.15, 0.2) is 48.8 Å². The summed E-state index contributed by atoms with van der Waals surface area (Å²) < 4.78 is 5.25. The van der Waals surface area contributed by atoms with E-state index < -0.39 is 12.1 Å². The van der Waals surface area contributed by atoms with Gasteiger partial charge in [0.05, 0.1) is 5.56 Å². The number of aromatic nitrogens is 1. The highest BCUT2D eigenvalue weighted by Gasteiger charge is 2.22. The molecule has 0 saturated heterocycles. The number of hydrogen-bond donors (Lipinski definition) is 2. The first-order chi connectivity index (χ1) is 10.6. The number of carbonyl (C=O) groups excluding carboxylic acids is 2. The summed E-state index contributed by atoms with van der Waals surface area (Å²) in [5.41, 5.74) is 7.00. The lowest BCUT2D eigenvalue weighted by Crippen LogP contribution is -2.32. The quantitative estimate of drug-likeness (QED) is 0.652. The van der Waals surface area contributed by atoms with Gasteiger partial charge in [0.15, 0.2) is 6.10 Å². The molecule has 1 unspecified atom stereocenters. The van der Waals surface area contributed by atoms with Crippen molar-refractivity contribution in [1.29, 1.82) is 0 Å². The third-order valence-corrected chi connectivity index (χ3v) is 2.98. The van der Waals surface area contributed by atoms with Gasteiger partial charge >= 0.3 is 5.97 Å². The zero-order chi connectivity index (χ0) is 15.9. The predicted octanol–water partition coefficient (Wildman–Crippen LogP) is 2.24. The van der Waals surface area contributed by atoms with E-state index in [1.54, 1.807) is 49.6 Å². The van der Waals surface area contributed by atoms with Crippen molar-refractivity contribution in [2.75, 3.05) is 11.1 Å². The number of carbonyl (C=O) groups is 2. The van der Waals surface area contributed by atoms with Gasteiger partial charge in [-0.05, 0) is 36.8 Å². The van der Waals surface area contributed by atoms with E-state index in [2.05, 4.69) is 10.3 Å². The zero-order valence-corrected chi connectivity index (χ0v) is 12.2. The van der Waals surface area contributed by atoms with Crippen molar-refractivity contribution in [3.8, 4) is 0 Å². The highest BCUT2D eigenvalue weighted by atomic mass is 16.5. The number of nitrogens with zero attached hydrogens (tertiary/aromatic N) is 1. The number of esters is 1. The van der Waals surface area contributed by atoms with Crippen molar-refractivity contribution in [3.63, 3.8) is 0 Å². The molecular weight excluding hydrogens is 282 g/mol. The number of pyridine rings is 1. The third-order valence-electron chi connectivity index (χ3n) is 2.98. The molecule has 6 heteroatoms. The van der Waals surface area contributed by atoms with Gasteiger partial charge in [0.1, 0.15) is 0 Å². The maximum atomic E-state index is 12.1. The molecule has 3 N–H and O–H groups in total. The van der Waals surface area contributed by atoms with Crippen molar-refractivity contribution in [2.24, 2.45) is 0 Å². The van der Waals surface area contributed by atoms with Crippen LogP contribution in [-0.4, -0.2) is 23.0 Å². The summed E-state index contributed by atoms with van der Waals surface area (Å²) in [5.74, 6) is -0.963. The number of nitrogen functional groups attached to an aromatic ring is 1. The molecule has 2 rings (SSSR count). The van der Waals surface area contributed by atoms with E-state index in [1.807, 2.05) is 0 Å². The second-order valence-electron chi connectivity index (χ2n) is 4.65. The fraction of sp³-hybridized carbons (Fsp3) is 0.188. The van der Waals surface area contributed by atoms with E-state index in [-0.39, 0.29) is 5.91 Å². The Morgan fingerprint density at radius 2 is 2.00 bits per heavy atom. The fourth-order valence-corrected chi connectivity index (χ4v) is 1.84. The molecule has 0 aliphatic carbocycles. The Morgan fingerprint density at radius 3 is 2.64 bits per heavy atom. The molecule has 0 radical (unpaired) electrons. The number of rotatable bonds is 5. The number of anilines is 2. The highest BCUT2D eigenvalue weighted by molar-refractivity contribution is 5.97. The molecule has 2 aromatic rings. The second kappa shape index (κ2) is 7.21. The summed E-state index contributed by atoms with van der Waals surface area (Å²) >= 11 is 0. The number of nitrogens with two attached hydrogens (primary N) is 1. The third kappa shape index (κ3) is 4.05. The first-order valence-electron chi connectivity index (χ1n) is 6.87. The van der Waals surface area contributed by atoms with Crippen LogP contribution in [0.3, 0.4) is 0 Å². The Labute approximate surface area is 128 Å². The minimum atomic E-state index is -0.873. The molecular formula is C16H17N3O3. The summed E-state index contributed by atoms with van der Waals surface area (Å²) in [5, 5.41) is 2.68. The van der Waals surface area contributed by atoms with Crippen LogP contribution in [0.1, 0.15) is 23.7 Å². The van der Waals surface area contributed by atoms with Gasteiger partial charge in [-0.1, -0.05) is 13.0 Å². The molecule has 1 aromatic heterocycles. The van der Waals surface area contributed by atoms with E-state index in [1.165, 1.54) is 6.07 Å². The van der Waals surface area contributed by atoms with E-state index in [4.69, 9.17) is 10.5 Å². The normalized spacial score (nSPS) is 11.5. The van der Waals surface area contributed by atoms with Crippen LogP contribution in [-0.2, 0) is 9.53 Å². The number of ether oxygens (including phenoxy) is 1. The molecule has 0 aliphatic rings. The minimum Gasteiger partial charge on any atom is -0.449 e. The van der Waals surface area contributed by atoms with Crippen molar-refractivity contribution >= 4 is 23.3 Å². The number of hydrogen-bond acceptors (Lipinski definition) is 5. The summed E-state index contributed by atoms with van der Waals surface area (Å²) in [7, 11) is 0. The summed E-state index contributed by atoms with van der Waals surface area (Å²) in [6.45, 7) is 1.77. The van der Waals surface area contributed by atoms with Gasteiger partial charge in [0.2, 0.25) is 0 Å². The van der Waals surface area contributed by atoms with Gasteiger partial charge in [-0.15, -0.1) is 0 Å². The summed E-state index contributed by atoms with van der Waals surface area (Å²) in [6.07, 6.45) is 2.62. The van der Waals surface area contributed by atoms with Gasteiger partial charge in [0, 0.05) is 23.8 Å². The van der Waals surface area contributed by atoms with Gasteiger partial charge in [-0.2, -0.15) is 0 Å². The van der Waals surface area contributed by atoms with Crippen molar-refractivity contribution in [2.45, 2.75) is 19.4 Å². The summed E-state index contributed by atoms with van der Waals surface area (Å²) in [4.78, 5) is 28.1. The van der Waals surface area contributed by atoms with Gasteiger partial charge in [0.25, 0.3) is 5.91 Å². The Kier molecular flexibility index (Phi) is 5.08. The topological polar surface area (TPSA) is 94.3 Å². The lowest BCUT2D eigenvalue weighted by molar-refractivity contribution is -0.124. The molecule has 0 spiro atoms. The maximum Gasteiger partial charge on any atom is 0.338 e. The van der Waals surface area contributed by atoms with Crippen LogP contribution in [0.2, 0.25) is 0 Å². The average Bonchev–Trinajstić information content (AvgIpc) is 2.53. The van der Waals surface area contributed by atoms with Crippen LogP contribution in [0.4, 0.5) is 11.4 Å². The SMILES string of the molecule is CCC(OC(=O)c1cccc(N)c1)C(=O)Nc1ccncc1. The number of benzene rings is 1. The molecule has 1 amide bonds. The molecule has 0 bridgehead atoms. The van der Waals surface area contributed by atoms with E-state index in [9.17, 15) is 9.59 Å². The van der Waals surface area contributed by atoms with Gasteiger partial charge in [-0.3, -0.25) is 9.78 Å². The average molecular weight is 299 g/mol. The van der Waals surface area contributed by atoms with E-state index in [0.717, 1.165) is 0 Å². The monoisotopic (exact) mass is 299 g/mol. The van der Waals surface area contributed by atoms with Crippen LogP contribution in [0, 0.1) is 0 Å². The first-order valence-corrected chi connectivity index (χ1v) is 6.87. The lowest BCUT2D eigenvalue weighted by atomic mass is 10.2. The Morgan fingerprint density at radius 1 is 1.27 bits per heavy atom. The van der Waals surface area contributed by atoms with Crippen LogP contribution >= 0.6 is 0 Å². The molecule has 6 nitrogen and oxygen atoms in total. The van der Waals surface area contributed by atoms with Gasteiger partial charge in [-0.25, -0.2) is 4.79 Å². The van der Waals surface area contributed by atoms with Crippen molar-refractivity contribution in [3.05, 3.63) is 54.4 Å². The fourth-order valence-electron chi connectivity index (χ4n) is 1.84. The molecule has 0 fully saturated rings. The van der Waals surface area contributed by atoms with Gasteiger partial charge < -0.3 is 15.8 Å². The molecule has 1 heterocycles. The zero-order valence-electron chi connectivity index (χ0n) is 12.2. The van der Waals surface area contributed by atoms with E-state index >= 15 is 0 Å². The second-order valence-corrected chi connectivity index (χ2v) is 4.65. The highest BCUT2D eigenvalue weighted by Crippen LogP contribution is 2.12. The molecule has 1 aromatic carbocycles. The molecule has 1 atom stereocenters. The minimum absolute atomic E-state index is 0.315. The predicted molar refractivity (Wildman–Crippen MR) is 83.2 cm³/mol. The molecule has 0 saturated carbocycles. The molecule has 0 aliphatic heterocycles. The van der Waals surface area contributed by atoms with Crippen LogP contribution in [0.25, 0.3) is 0 Å². The Hall–Kier alpha value is -2.89. The smallest absolute Gasteiger partial charge is 0.338 e. The maximum absolute atomic E-state index is 12.1. The largest absolute Gasteiger partial charge is 0.449 e. The van der Waals surface area contributed by atoms with Crippen LogP contribution < -0.4 is 11.1 Å². The number of nitrogens with one attached hydrogen (secondary N) is 1. The number of amides is 1. The Bertz CT molecular complexity index is 659. The van der Waals surface area contributed by atoms with Crippen molar-refractivity contribution < 1.29 is 14.3 Å². The first kappa shape index (κ1) is 15.5. The summed E-state index contributed by atoms with van der Waals surface area (Å²) in [6, 6.07) is 9.74. The standard InChI is InChI=1S/C16H17N3O3/c1-2-14(15(20)19-13-6-8-18-9-7-13)22-16(21)11-4-3-5-12(17)10-11/h3-10,14H,2,17H2,1H3,(H,18,19,20). The Balaban J connectivity index is 2.02. The molecule has 114 valence electrons. The van der Waals surface area contributed by atoms with Crippen LogP contribution in [0.5, 0.6) is 0 Å².